The molecule has 1 aliphatic rings. The Labute approximate surface area is 109 Å². The van der Waals surface area contributed by atoms with Gasteiger partial charge in [0, 0.05) is 17.7 Å². The number of rotatable bonds is 1. The minimum Gasteiger partial charge on any atom is -0.348 e. The minimum atomic E-state index is -0.0691. The van der Waals surface area contributed by atoms with Crippen molar-refractivity contribution >= 4 is 28.5 Å². The van der Waals surface area contributed by atoms with Crippen molar-refractivity contribution in [3.63, 3.8) is 0 Å². The summed E-state index contributed by atoms with van der Waals surface area (Å²) in [7, 11) is 0. The molecule has 2 rings (SSSR count). The Kier molecular flexibility index (Phi) is 3.53. The van der Waals surface area contributed by atoms with Gasteiger partial charge in [-0.05, 0) is 24.8 Å². The molecule has 0 fully saturated rings. The molecule has 0 radical (unpaired) electrons. The van der Waals surface area contributed by atoms with Crippen LogP contribution in [0, 0.1) is 18.4 Å². The van der Waals surface area contributed by atoms with E-state index in [1.165, 1.54) is 11.8 Å². The molecule has 0 saturated carbocycles. The highest BCUT2D eigenvalue weighted by Crippen LogP contribution is 2.30. The molecule has 0 spiro atoms. The number of fused-ring (bicyclic) bond motifs is 1. The SMILES string of the molecule is CSC(=Nc1c(C)ccc2c1CNC2=O)NC#N. The standard InChI is InChI=1S/C12H12N4OS/c1-7-3-4-8-9(5-14-11(8)17)10(7)16-12(18-2)15-6-13/h3-4H,5H2,1-2H3,(H,14,17)(H,15,16). The van der Waals surface area contributed by atoms with Crippen LogP contribution in [0.2, 0.25) is 0 Å². The summed E-state index contributed by atoms with van der Waals surface area (Å²) in [4.78, 5) is 16.0. The van der Waals surface area contributed by atoms with Gasteiger partial charge in [0.2, 0.25) is 0 Å². The summed E-state index contributed by atoms with van der Waals surface area (Å²) < 4.78 is 0. The van der Waals surface area contributed by atoms with E-state index in [2.05, 4.69) is 15.6 Å². The van der Waals surface area contributed by atoms with Crippen LogP contribution < -0.4 is 10.6 Å². The van der Waals surface area contributed by atoms with Gasteiger partial charge >= 0.3 is 0 Å². The maximum atomic E-state index is 11.6. The van der Waals surface area contributed by atoms with Crippen LogP contribution in [0.3, 0.4) is 0 Å². The van der Waals surface area contributed by atoms with Crippen molar-refractivity contribution in [2.45, 2.75) is 13.5 Å². The summed E-state index contributed by atoms with van der Waals surface area (Å²) in [6.07, 6.45) is 3.69. The molecule has 92 valence electrons. The molecule has 1 amide bonds. The maximum Gasteiger partial charge on any atom is 0.251 e. The predicted molar refractivity (Wildman–Crippen MR) is 71.7 cm³/mol. The maximum absolute atomic E-state index is 11.6. The van der Waals surface area contributed by atoms with E-state index in [9.17, 15) is 4.79 Å². The van der Waals surface area contributed by atoms with Crippen molar-refractivity contribution in [3.05, 3.63) is 28.8 Å². The van der Waals surface area contributed by atoms with Gasteiger partial charge in [0.1, 0.15) is 0 Å². The third kappa shape index (κ3) is 2.17. The van der Waals surface area contributed by atoms with E-state index in [-0.39, 0.29) is 5.91 Å². The molecule has 0 aromatic heterocycles. The summed E-state index contributed by atoms with van der Waals surface area (Å²) in [5.41, 5.74) is 3.30. The number of nitrogens with zero attached hydrogens (tertiary/aromatic N) is 2. The van der Waals surface area contributed by atoms with Crippen LogP contribution in [0.25, 0.3) is 0 Å². The summed E-state index contributed by atoms with van der Waals surface area (Å²) in [6, 6.07) is 3.68. The van der Waals surface area contributed by atoms with Crippen LogP contribution in [0.15, 0.2) is 17.1 Å². The van der Waals surface area contributed by atoms with Gasteiger partial charge in [-0.2, -0.15) is 5.26 Å². The number of nitriles is 1. The topological polar surface area (TPSA) is 77.3 Å². The summed E-state index contributed by atoms with van der Waals surface area (Å²) in [5, 5.41) is 14.4. The second kappa shape index (κ2) is 5.10. The van der Waals surface area contributed by atoms with Crippen LogP contribution >= 0.6 is 11.8 Å². The Balaban J connectivity index is 2.52. The Hall–Kier alpha value is -2.00. The third-order valence-corrected chi connectivity index (χ3v) is 3.30. The monoisotopic (exact) mass is 260 g/mol. The molecule has 0 saturated heterocycles. The highest BCUT2D eigenvalue weighted by atomic mass is 32.2. The van der Waals surface area contributed by atoms with E-state index < -0.39 is 0 Å². The molecule has 0 bridgehead atoms. The summed E-state index contributed by atoms with van der Waals surface area (Å²) in [6.45, 7) is 2.43. The second-order valence-electron chi connectivity index (χ2n) is 3.80. The van der Waals surface area contributed by atoms with E-state index >= 15 is 0 Å². The molecule has 1 aliphatic heterocycles. The number of carbonyl (C=O) groups is 1. The first-order valence-electron chi connectivity index (χ1n) is 5.36. The summed E-state index contributed by atoms with van der Waals surface area (Å²) >= 11 is 1.36. The van der Waals surface area contributed by atoms with Gasteiger partial charge in [0.25, 0.3) is 5.91 Å². The molecular formula is C12H12N4OS. The Morgan fingerprint density at radius 2 is 2.39 bits per heavy atom. The van der Waals surface area contributed by atoms with Crippen LogP contribution in [0.4, 0.5) is 5.69 Å². The first kappa shape index (κ1) is 12.5. The van der Waals surface area contributed by atoms with Gasteiger partial charge in [-0.3, -0.25) is 10.1 Å². The lowest BCUT2D eigenvalue weighted by atomic mass is 10.0. The highest BCUT2D eigenvalue weighted by Gasteiger charge is 2.22. The van der Waals surface area contributed by atoms with Crippen molar-refractivity contribution in [2.75, 3.05) is 6.26 Å². The molecule has 0 aliphatic carbocycles. The van der Waals surface area contributed by atoms with Crippen molar-refractivity contribution in [1.82, 2.24) is 10.6 Å². The molecule has 2 N–H and O–H groups in total. The van der Waals surface area contributed by atoms with E-state index in [0.717, 1.165) is 16.8 Å². The Morgan fingerprint density at radius 3 is 3.06 bits per heavy atom. The Bertz CT molecular complexity index is 574. The average Bonchev–Trinajstić information content (AvgIpc) is 2.73. The summed E-state index contributed by atoms with van der Waals surface area (Å²) in [5.74, 6) is -0.0691. The number of hydrogen-bond donors (Lipinski definition) is 2. The largest absolute Gasteiger partial charge is 0.348 e. The number of aliphatic imine (C=N–C) groups is 1. The normalized spacial score (nSPS) is 13.8. The van der Waals surface area contributed by atoms with Gasteiger partial charge in [-0.25, -0.2) is 4.99 Å². The molecule has 1 aromatic rings. The van der Waals surface area contributed by atoms with Crippen molar-refractivity contribution in [2.24, 2.45) is 4.99 Å². The van der Waals surface area contributed by atoms with Crippen LogP contribution in [-0.4, -0.2) is 17.3 Å². The molecule has 5 nitrogen and oxygen atoms in total. The third-order valence-electron chi connectivity index (χ3n) is 2.72. The molecule has 1 heterocycles. The van der Waals surface area contributed by atoms with E-state index in [1.807, 2.05) is 31.5 Å². The van der Waals surface area contributed by atoms with Gasteiger partial charge < -0.3 is 5.32 Å². The van der Waals surface area contributed by atoms with Gasteiger partial charge in [0.15, 0.2) is 11.4 Å². The zero-order chi connectivity index (χ0) is 13.1. The molecular weight excluding hydrogens is 248 g/mol. The average molecular weight is 260 g/mol. The van der Waals surface area contributed by atoms with Crippen LogP contribution in [0.5, 0.6) is 0 Å². The number of carbonyl (C=O) groups excluding carboxylic acids is 1. The van der Waals surface area contributed by atoms with Crippen LogP contribution in [-0.2, 0) is 6.54 Å². The lowest BCUT2D eigenvalue weighted by Gasteiger charge is -2.07. The zero-order valence-electron chi connectivity index (χ0n) is 10.1. The highest BCUT2D eigenvalue weighted by molar-refractivity contribution is 8.13. The molecule has 0 unspecified atom stereocenters. The first-order valence-corrected chi connectivity index (χ1v) is 6.58. The number of amides is 1. The quantitative estimate of drug-likeness (QED) is 0.348. The lowest BCUT2D eigenvalue weighted by Crippen LogP contribution is -2.13. The smallest absolute Gasteiger partial charge is 0.251 e. The van der Waals surface area contributed by atoms with E-state index in [1.54, 1.807) is 0 Å². The molecule has 18 heavy (non-hydrogen) atoms. The van der Waals surface area contributed by atoms with E-state index in [4.69, 9.17) is 5.26 Å². The second-order valence-corrected chi connectivity index (χ2v) is 4.59. The lowest BCUT2D eigenvalue weighted by molar-refractivity contribution is 0.0966. The fourth-order valence-electron chi connectivity index (χ4n) is 1.84. The fourth-order valence-corrected chi connectivity index (χ4v) is 2.17. The number of nitrogens with one attached hydrogen (secondary N) is 2. The molecule has 1 aromatic carbocycles. The number of benzene rings is 1. The predicted octanol–water partition coefficient (Wildman–Crippen LogP) is 1.66. The van der Waals surface area contributed by atoms with Gasteiger partial charge in [0.05, 0.1) is 5.69 Å². The Morgan fingerprint density at radius 1 is 1.61 bits per heavy atom. The number of thioether (sulfide) groups is 1. The molecule has 0 atom stereocenters. The molecule has 6 heteroatoms. The van der Waals surface area contributed by atoms with Gasteiger partial charge in [-0.1, -0.05) is 17.8 Å². The zero-order valence-corrected chi connectivity index (χ0v) is 10.9. The van der Waals surface area contributed by atoms with Crippen molar-refractivity contribution in [1.29, 1.82) is 5.26 Å². The van der Waals surface area contributed by atoms with Gasteiger partial charge in [-0.15, -0.1) is 0 Å². The van der Waals surface area contributed by atoms with E-state index in [0.29, 0.717) is 17.3 Å². The van der Waals surface area contributed by atoms with Crippen molar-refractivity contribution < 1.29 is 4.79 Å². The number of hydrogen-bond acceptors (Lipinski definition) is 4. The fraction of sp³-hybridized carbons (Fsp3) is 0.250. The van der Waals surface area contributed by atoms with Crippen molar-refractivity contribution in [3.8, 4) is 6.19 Å². The van der Waals surface area contributed by atoms with Crippen LogP contribution in [0.1, 0.15) is 21.5 Å². The number of amidine groups is 1. The number of aryl methyl sites for hydroxylation is 1. The minimum absolute atomic E-state index is 0.0691. The first-order chi connectivity index (χ1) is 8.67.